The van der Waals surface area contributed by atoms with Gasteiger partial charge in [-0.2, -0.15) is 0 Å². The summed E-state index contributed by atoms with van der Waals surface area (Å²) in [7, 11) is 3.90. The van der Waals surface area contributed by atoms with Crippen LogP contribution in [0.1, 0.15) is 13.8 Å². The van der Waals surface area contributed by atoms with Gasteiger partial charge in [0.05, 0.1) is 6.34 Å². The van der Waals surface area contributed by atoms with Crippen LogP contribution in [0.2, 0.25) is 0 Å². The van der Waals surface area contributed by atoms with Crippen LogP contribution in [0.15, 0.2) is 17.3 Å². The molecule has 0 aliphatic heterocycles. The quantitative estimate of drug-likeness (QED) is 0.430. The number of nitrogens with zero attached hydrogens (tertiary/aromatic N) is 2. The summed E-state index contributed by atoms with van der Waals surface area (Å²) in [5.74, 6) is 0.583. The van der Waals surface area contributed by atoms with E-state index in [-0.39, 0.29) is 0 Å². The van der Waals surface area contributed by atoms with Gasteiger partial charge in [-0.15, -0.1) is 0 Å². The van der Waals surface area contributed by atoms with E-state index in [9.17, 15) is 0 Å². The van der Waals surface area contributed by atoms with Gasteiger partial charge >= 0.3 is 0 Å². The van der Waals surface area contributed by atoms with Crippen LogP contribution in [0, 0.1) is 5.92 Å². The van der Waals surface area contributed by atoms with Crippen LogP contribution in [0.5, 0.6) is 0 Å². The van der Waals surface area contributed by atoms with Crippen molar-refractivity contribution in [3.8, 4) is 0 Å². The molecule has 0 saturated heterocycles. The molecule has 58 valence electrons. The fourth-order valence-electron chi connectivity index (χ4n) is 0.394. The predicted octanol–water partition coefficient (Wildman–Crippen LogP) is 1.75. The Labute approximate surface area is 63.3 Å². The van der Waals surface area contributed by atoms with Crippen molar-refractivity contribution < 1.29 is 0 Å². The fraction of sp³-hybridized carbons (Fsp3) is 0.625. The summed E-state index contributed by atoms with van der Waals surface area (Å²) >= 11 is 0. The van der Waals surface area contributed by atoms with Crippen molar-refractivity contribution in [3.05, 3.63) is 12.3 Å². The highest BCUT2D eigenvalue weighted by molar-refractivity contribution is 5.54. The summed E-state index contributed by atoms with van der Waals surface area (Å²) in [4.78, 5) is 5.94. The van der Waals surface area contributed by atoms with Gasteiger partial charge in [0.15, 0.2) is 0 Å². The Hall–Kier alpha value is -0.790. The molecule has 10 heavy (non-hydrogen) atoms. The lowest BCUT2D eigenvalue weighted by atomic mass is 10.2. The van der Waals surface area contributed by atoms with Gasteiger partial charge in [0.2, 0.25) is 0 Å². The minimum absolute atomic E-state index is 0.583. The van der Waals surface area contributed by atoms with Gasteiger partial charge in [-0.3, -0.25) is 0 Å². The first-order valence-electron chi connectivity index (χ1n) is 3.49. The second-order valence-electron chi connectivity index (χ2n) is 2.81. The molecule has 0 amide bonds. The Balaban J connectivity index is 3.52. The van der Waals surface area contributed by atoms with E-state index in [2.05, 4.69) is 24.9 Å². The SMILES string of the molecule is CC(C)/C=C\N=C/N(C)C. The summed E-state index contributed by atoms with van der Waals surface area (Å²) in [5, 5.41) is 0. The topological polar surface area (TPSA) is 15.6 Å². The third kappa shape index (κ3) is 7.21. The van der Waals surface area contributed by atoms with E-state index < -0.39 is 0 Å². The molecule has 0 radical (unpaired) electrons. The molecule has 0 bridgehead atoms. The van der Waals surface area contributed by atoms with E-state index in [1.54, 1.807) is 6.34 Å². The standard InChI is InChI=1S/C8H16N2/c1-8(2)5-6-9-7-10(3)4/h5-8H,1-4H3/b6-5-,9-7-. The van der Waals surface area contributed by atoms with Crippen molar-refractivity contribution in [1.29, 1.82) is 0 Å². The maximum Gasteiger partial charge on any atom is 0.0899 e. The zero-order chi connectivity index (χ0) is 7.98. The Bertz CT molecular complexity index is 107. The van der Waals surface area contributed by atoms with E-state index in [1.165, 1.54) is 0 Å². The highest BCUT2D eigenvalue weighted by atomic mass is 15.1. The molecule has 0 aliphatic carbocycles. The molecule has 0 aromatic carbocycles. The molecule has 0 fully saturated rings. The van der Waals surface area contributed by atoms with E-state index in [0.717, 1.165) is 0 Å². The van der Waals surface area contributed by atoms with Crippen LogP contribution >= 0.6 is 0 Å². The number of aliphatic imine (C=N–C) groups is 1. The molecule has 0 saturated carbocycles. The number of allylic oxidation sites excluding steroid dienone is 1. The first-order valence-corrected chi connectivity index (χ1v) is 3.49. The van der Waals surface area contributed by atoms with E-state index in [0.29, 0.717) is 5.92 Å². The highest BCUT2D eigenvalue weighted by Gasteiger charge is 1.79. The molecular weight excluding hydrogens is 124 g/mol. The third-order valence-electron chi connectivity index (χ3n) is 0.855. The van der Waals surface area contributed by atoms with Crippen molar-refractivity contribution in [2.45, 2.75) is 13.8 Å². The molecule has 0 heterocycles. The Morgan fingerprint density at radius 2 is 1.90 bits per heavy atom. The van der Waals surface area contributed by atoms with Crippen molar-refractivity contribution in [1.82, 2.24) is 4.90 Å². The molecule has 0 unspecified atom stereocenters. The smallest absolute Gasteiger partial charge is 0.0899 e. The second-order valence-corrected chi connectivity index (χ2v) is 2.81. The van der Waals surface area contributed by atoms with Gasteiger partial charge in [-0.25, -0.2) is 4.99 Å². The van der Waals surface area contributed by atoms with Crippen LogP contribution in [0.25, 0.3) is 0 Å². The number of hydrogen-bond donors (Lipinski definition) is 0. The average molecular weight is 140 g/mol. The Morgan fingerprint density at radius 3 is 2.30 bits per heavy atom. The Kier molecular flexibility index (Phi) is 4.63. The molecule has 0 N–H and O–H groups in total. The monoisotopic (exact) mass is 140 g/mol. The lowest BCUT2D eigenvalue weighted by molar-refractivity contribution is 0.643. The highest BCUT2D eigenvalue weighted by Crippen LogP contribution is 1.92. The summed E-state index contributed by atoms with van der Waals surface area (Å²) in [6, 6.07) is 0. The number of hydrogen-bond acceptors (Lipinski definition) is 1. The van der Waals surface area contributed by atoms with E-state index in [1.807, 2.05) is 25.2 Å². The number of rotatable bonds is 3. The summed E-state index contributed by atoms with van der Waals surface area (Å²) < 4.78 is 0. The van der Waals surface area contributed by atoms with Crippen molar-refractivity contribution in [2.24, 2.45) is 10.9 Å². The van der Waals surface area contributed by atoms with Crippen molar-refractivity contribution in [3.63, 3.8) is 0 Å². The maximum atomic E-state index is 4.03. The molecule has 0 atom stereocenters. The minimum Gasteiger partial charge on any atom is -0.369 e. The first-order chi connectivity index (χ1) is 4.63. The van der Waals surface area contributed by atoms with E-state index in [4.69, 9.17) is 0 Å². The zero-order valence-corrected chi connectivity index (χ0v) is 7.20. The van der Waals surface area contributed by atoms with Crippen LogP contribution in [0.4, 0.5) is 0 Å². The maximum absolute atomic E-state index is 4.03. The fourth-order valence-corrected chi connectivity index (χ4v) is 0.394. The largest absolute Gasteiger partial charge is 0.369 e. The summed E-state index contributed by atoms with van der Waals surface area (Å²) in [5.41, 5.74) is 0. The van der Waals surface area contributed by atoms with Gasteiger partial charge < -0.3 is 4.90 Å². The Morgan fingerprint density at radius 1 is 1.30 bits per heavy atom. The van der Waals surface area contributed by atoms with Crippen LogP contribution in [-0.2, 0) is 0 Å². The lowest BCUT2D eigenvalue weighted by Crippen LogP contribution is -2.06. The van der Waals surface area contributed by atoms with Crippen LogP contribution in [0.3, 0.4) is 0 Å². The predicted molar refractivity (Wildman–Crippen MR) is 46.2 cm³/mol. The van der Waals surface area contributed by atoms with Crippen LogP contribution in [-0.4, -0.2) is 25.3 Å². The van der Waals surface area contributed by atoms with Gasteiger partial charge in [-0.1, -0.05) is 19.9 Å². The molecular formula is C8H16N2. The molecule has 0 rings (SSSR count). The molecule has 0 aromatic heterocycles. The molecule has 0 spiro atoms. The average Bonchev–Trinajstić information content (AvgIpc) is 1.79. The zero-order valence-electron chi connectivity index (χ0n) is 7.20. The molecule has 0 aromatic rings. The van der Waals surface area contributed by atoms with Gasteiger partial charge in [0.1, 0.15) is 0 Å². The van der Waals surface area contributed by atoms with Crippen molar-refractivity contribution >= 4 is 6.34 Å². The lowest BCUT2D eigenvalue weighted by Gasteiger charge is -1.99. The van der Waals surface area contributed by atoms with Gasteiger partial charge in [0, 0.05) is 20.3 Å². The summed E-state index contributed by atoms with van der Waals surface area (Å²) in [6.45, 7) is 4.25. The molecule has 2 heteroatoms. The molecule has 0 aliphatic rings. The van der Waals surface area contributed by atoms with Crippen LogP contribution < -0.4 is 0 Å². The van der Waals surface area contributed by atoms with Crippen molar-refractivity contribution in [2.75, 3.05) is 14.1 Å². The minimum atomic E-state index is 0.583. The summed E-state index contributed by atoms with van der Waals surface area (Å²) in [6.07, 6.45) is 5.66. The third-order valence-corrected chi connectivity index (χ3v) is 0.855. The van der Waals surface area contributed by atoms with E-state index >= 15 is 0 Å². The second kappa shape index (κ2) is 5.03. The molecule has 2 nitrogen and oxygen atoms in total. The van der Waals surface area contributed by atoms with Gasteiger partial charge in [-0.05, 0) is 5.92 Å². The first kappa shape index (κ1) is 9.21. The normalized spacial score (nSPS) is 12.1. The van der Waals surface area contributed by atoms with Gasteiger partial charge in [0.25, 0.3) is 0 Å².